The fraction of sp³-hybridized carbons (Fsp3) is 0.333. The molecule has 2 aliphatic rings. The van der Waals surface area contributed by atoms with Gasteiger partial charge in [0, 0.05) is 13.1 Å². The number of hydrogen-bond donors (Lipinski definition) is 1. The van der Waals surface area contributed by atoms with Crippen LogP contribution in [0.5, 0.6) is 11.5 Å². The highest BCUT2D eigenvalue weighted by atomic mass is 16.6. The Morgan fingerprint density at radius 1 is 1.14 bits per heavy atom. The molecule has 36 heavy (non-hydrogen) atoms. The lowest BCUT2D eigenvalue weighted by molar-refractivity contribution is -0.139. The van der Waals surface area contributed by atoms with Crippen molar-refractivity contribution < 1.29 is 23.9 Å². The minimum absolute atomic E-state index is 0.306. The zero-order valence-electron chi connectivity index (χ0n) is 19.9. The van der Waals surface area contributed by atoms with Crippen LogP contribution >= 0.6 is 0 Å². The molecular formula is C24H25N7O5. The fourth-order valence-corrected chi connectivity index (χ4v) is 4.29. The molecule has 1 atom stereocenters. The molecule has 4 amide bonds. The van der Waals surface area contributed by atoms with E-state index in [1.165, 1.54) is 11.0 Å². The van der Waals surface area contributed by atoms with Gasteiger partial charge in [-0.2, -0.15) is 0 Å². The number of aromatic nitrogens is 4. The van der Waals surface area contributed by atoms with E-state index in [-0.39, 0.29) is 12.5 Å². The molecule has 12 heteroatoms. The lowest BCUT2D eigenvalue weighted by Gasteiger charge is -2.25. The molecule has 3 heterocycles. The predicted molar refractivity (Wildman–Crippen MR) is 125 cm³/mol. The van der Waals surface area contributed by atoms with Crippen molar-refractivity contribution in [3.63, 3.8) is 0 Å². The van der Waals surface area contributed by atoms with Crippen molar-refractivity contribution in [2.75, 3.05) is 26.3 Å². The molecule has 1 N–H and O–H groups in total. The van der Waals surface area contributed by atoms with E-state index in [0.29, 0.717) is 49.1 Å². The third kappa shape index (κ3) is 4.21. The van der Waals surface area contributed by atoms with Gasteiger partial charge in [-0.1, -0.05) is 18.2 Å². The van der Waals surface area contributed by atoms with Crippen LogP contribution in [0.15, 0.2) is 48.8 Å². The highest BCUT2D eigenvalue weighted by molar-refractivity contribution is 6.09. The zero-order valence-corrected chi connectivity index (χ0v) is 19.9. The van der Waals surface area contributed by atoms with Gasteiger partial charge >= 0.3 is 6.03 Å². The molecule has 1 aromatic heterocycles. The van der Waals surface area contributed by atoms with Crippen molar-refractivity contribution >= 4 is 17.8 Å². The summed E-state index contributed by atoms with van der Waals surface area (Å²) in [6, 6.07) is 11.9. The number of carbonyl (C=O) groups excluding carboxylic acids is 3. The van der Waals surface area contributed by atoms with Crippen molar-refractivity contribution in [2.24, 2.45) is 0 Å². The number of fused-ring (bicyclic) bond motifs is 1. The summed E-state index contributed by atoms with van der Waals surface area (Å²) in [6.07, 6.45) is 1.43. The Morgan fingerprint density at radius 2 is 1.94 bits per heavy atom. The van der Waals surface area contributed by atoms with Gasteiger partial charge in [0.1, 0.15) is 31.6 Å². The number of imide groups is 1. The van der Waals surface area contributed by atoms with Crippen LogP contribution in [0.3, 0.4) is 0 Å². The van der Waals surface area contributed by atoms with Gasteiger partial charge in [-0.05, 0) is 59.7 Å². The molecule has 0 saturated carbocycles. The smallest absolute Gasteiger partial charge is 0.325 e. The van der Waals surface area contributed by atoms with E-state index in [1.54, 1.807) is 36.1 Å². The maximum Gasteiger partial charge on any atom is 0.325 e. The van der Waals surface area contributed by atoms with Crippen molar-refractivity contribution in [1.82, 2.24) is 35.3 Å². The van der Waals surface area contributed by atoms with E-state index in [9.17, 15) is 14.4 Å². The summed E-state index contributed by atoms with van der Waals surface area (Å²) in [7, 11) is 0. The number of ether oxygens (including phenoxy) is 2. The summed E-state index contributed by atoms with van der Waals surface area (Å²) in [6.45, 7) is 4.77. The Hall–Kier alpha value is -4.48. The minimum atomic E-state index is -1.34. The molecule has 0 spiro atoms. The number of rotatable bonds is 7. The van der Waals surface area contributed by atoms with Crippen molar-refractivity contribution in [3.05, 3.63) is 59.9 Å². The molecule has 0 aliphatic carbocycles. The van der Waals surface area contributed by atoms with Gasteiger partial charge in [0.05, 0.1) is 5.69 Å². The lowest BCUT2D eigenvalue weighted by Crippen LogP contribution is -2.44. The Kier molecular flexibility index (Phi) is 6.00. The summed E-state index contributed by atoms with van der Waals surface area (Å²) < 4.78 is 12.6. The second-order valence-corrected chi connectivity index (χ2v) is 8.64. The van der Waals surface area contributed by atoms with Crippen LogP contribution in [0.1, 0.15) is 25.0 Å². The van der Waals surface area contributed by atoms with Crippen LogP contribution < -0.4 is 14.8 Å². The molecular weight excluding hydrogens is 466 g/mol. The van der Waals surface area contributed by atoms with Gasteiger partial charge in [0.15, 0.2) is 11.5 Å². The molecule has 12 nitrogen and oxygen atoms in total. The number of likely N-dealkylation sites (N-methyl/N-ethyl adjacent to an activating group) is 1. The fourth-order valence-electron chi connectivity index (χ4n) is 4.29. The third-order valence-corrected chi connectivity index (χ3v) is 6.32. The normalized spacial score (nSPS) is 18.8. The number of amides is 4. The first kappa shape index (κ1) is 23.3. The van der Waals surface area contributed by atoms with E-state index >= 15 is 0 Å². The molecule has 3 aromatic rings. The predicted octanol–water partition coefficient (Wildman–Crippen LogP) is 1.25. The average Bonchev–Trinajstić information content (AvgIpc) is 3.51. The van der Waals surface area contributed by atoms with Gasteiger partial charge in [-0.25, -0.2) is 9.48 Å². The average molecular weight is 492 g/mol. The van der Waals surface area contributed by atoms with Gasteiger partial charge in [-0.15, -0.1) is 5.10 Å². The monoisotopic (exact) mass is 491 g/mol. The second kappa shape index (κ2) is 9.29. The third-order valence-electron chi connectivity index (χ3n) is 6.32. The van der Waals surface area contributed by atoms with Crippen molar-refractivity contribution in [3.8, 4) is 17.2 Å². The number of benzene rings is 2. The molecule has 0 bridgehead atoms. The summed E-state index contributed by atoms with van der Waals surface area (Å²) in [5, 5.41) is 13.8. The first-order chi connectivity index (χ1) is 17.4. The van der Waals surface area contributed by atoms with E-state index in [0.717, 1.165) is 10.5 Å². The maximum atomic E-state index is 13.4. The largest absolute Gasteiger partial charge is 0.486 e. The van der Waals surface area contributed by atoms with Gasteiger partial charge < -0.3 is 19.7 Å². The number of tetrazole rings is 1. The Labute approximate surface area is 206 Å². The van der Waals surface area contributed by atoms with E-state index < -0.39 is 17.5 Å². The number of carbonyl (C=O) groups is 3. The molecule has 0 unspecified atom stereocenters. The molecule has 1 saturated heterocycles. The van der Waals surface area contributed by atoms with E-state index in [4.69, 9.17) is 9.47 Å². The van der Waals surface area contributed by atoms with Crippen LogP contribution in [-0.4, -0.2) is 74.2 Å². The first-order valence-corrected chi connectivity index (χ1v) is 11.5. The molecule has 0 radical (unpaired) electrons. The quantitative estimate of drug-likeness (QED) is 0.489. The molecule has 2 aromatic carbocycles. The molecule has 1 fully saturated rings. The lowest BCUT2D eigenvalue weighted by atomic mass is 9.91. The van der Waals surface area contributed by atoms with Crippen molar-refractivity contribution in [2.45, 2.75) is 25.9 Å². The first-order valence-electron chi connectivity index (χ1n) is 11.5. The maximum absolute atomic E-state index is 13.4. The Morgan fingerprint density at radius 3 is 2.69 bits per heavy atom. The van der Waals surface area contributed by atoms with E-state index in [1.807, 2.05) is 25.1 Å². The summed E-state index contributed by atoms with van der Waals surface area (Å²) in [5.41, 5.74) is 0.698. The Balaban J connectivity index is 1.31. The topological polar surface area (TPSA) is 132 Å². The Bertz CT molecular complexity index is 1310. The summed E-state index contributed by atoms with van der Waals surface area (Å²) in [4.78, 5) is 41.9. The molecule has 5 rings (SSSR count). The number of nitrogens with zero attached hydrogens (tertiary/aromatic N) is 6. The van der Waals surface area contributed by atoms with Crippen LogP contribution in [0, 0.1) is 0 Å². The highest BCUT2D eigenvalue weighted by Crippen LogP contribution is 2.32. The SMILES string of the molecule is CCN(Cc1ccc2c(c1)OCCO2)C(=O)CN1C(=O)N[C@@](C)(c2cccc(-n3cnnn3)c2)C1=O. The number of nitrogens with one attached hydrogen (secondary N) is 1. The highest BCUT2D eigenvalue weighted by Gasteiger charge is 2.49. The van der Waals surface area contributed by atoms with Gasteiger partial charge in [0.2, 0.25) is 5.91 Å². The molecule has 186 valence electrons. The number of urea groups is 1. The second-order valence-electron chi connectivity index (χ2n) is 8.64. The van der Waals surface area contributed by atoms with Crippen LogP contribution in [-0.2, 0) is 21.7 Å². The standard InChI is InChI=1S/C24H25N7O5/c1-3-29(13-16-7-8-19-20(11-16)36-10-9-35-19)21(32)14-30-22(33)24(2,26-23(30)34)17-5-4-6-18(12-17)31-15-25-27-28-31/h4-8,11-12,15H,3,9-10,13-14H2,1-2H3,(H,26,34)/t24-/m0/s1. The van der Waals surface area contributed by atoms with Crippen LogP contribution in [0.25, 0.3) is 5.69 Å². The summed E-state index contributed by atoms with van der Waals surface area (Å²) in [5.74, 6) is 0.450. The minimum Gasteiger partial charge on any atom is -0.486 e. The summed E-state index contributed by atoms with van der Waals surface area (Å²) >= 11 is 0. The molecule has 2 aliphatic heterocycles. The number of hydrogen-bond acceptors (Lipinski definition) is 8. The van der Waals surface area contributed by atoms with Crippen molar-refractivity contribution in [1.29, 1.82) is 0 Å². The van der Waals surface area contributed by atoms with Crippen LogP contribution in [0.4, 0.5) is 4.79 Å². The van der Waals surface area contributed by atoms with Gasteiger partial charge in [0.25, 0.3) is 5.91 Å². The van der Waals surface area contributed by atoms with Crippen LogP contribution in [0.2, 0.25) is 0 Å². The zero-order chi connectivity index (χ0) is 25.3. The van der Waals surface area contributed by atoms with E-state index in [2.05, 4.69) is 20.8 Å². The van der Waals surface area contributed by atoms with Gasteiger partial charge in [-0.3, -0.25) is 14.5 Å².